The van der Waals surface area contributed by atoms with Crippen molar-refractivity contribution < 1.29 is 10.2 Å². The van der Waals surface area contributed by atoms with Crippen LogP contribution in [0.25, 0.3) is 0 Å². The summed E-state index contributed by atoms with van der Waals surface area (Å²) in [5, 5.41) is 23.1. The van der Waals surface area contributed by atoms with Gasteiger partial charge >= 0.3 is 0 Å². The summed E-state index contributed by atoms with van der Waals surface area (Å²) in [6.45, 7) is 2.50. The van der Waals surface area contributed by atoms with E-state index in [0.29, 0.717) is 23.7 Å². The lowest BCUT2D eigenvalue weighted by Gasteiger charge is -2.56. The van der Waals surface area contributed by atoms with Gasteiger partial charge in [-0.25, -0.2) is 0 Å². The van der Waals surface area contributed by atoms with E-state index in [2.05, 4.69) is 6.92 Å². The highest BCUT2D eigenvalue weighted by Gasteiger charge is 2.58. The molecule has 1 N–H and O–H groups in total. The van der Waals surface area contributed by atoms with Gasteiger partial charge in [-0.05, 0) is 80.5 Å². The second-order valence-electron chi connectivity index (χ2n) is 8.62. The Balaban J connectivity index is 1.64. The van der Waals surface area contributed by atoms with Crippen LogP contribution in [0.2, 0.25) is 0 Å². The van der Waals surface area contributed by atoms with Gasteiger partial charge in [0.1, 0.15) is 0 Å². The van der Waals surface area contributed by atoms with E-state index < -0.39 is 5.79 Å². The van der Waals surface area contributed by atoms with E-state index in [1.54, 1.807) is 0 Å². The van der Waals surface area contributed by atoms with Crippen molar-refractivity contribution >= 4 is 0 Å². The molecule has 20 heavy (non-hydrogen) atoms. The lowest BCUT2D eigenvalue weighted by atomic mass is 9.50. The molecule has 113 valence electrons. The summed E-state index contributed by atoms with van der Waals surface area (Å²) < 4.78 is 0. The SMILES string of the molecule is C[C@@]12CCC[C@H]1[C@@H]1CCC3CCCC([O])(O)[C@@H]3[C@H]1CC2. The van der Waals surface area contributed by atoms with Gasteiger partial charge in [0.15, 0.2) is 0 Å². The Bertz CT molecular complexity index is 391. The van der Waals surface area contributed by atoms with Crippen LogP contribution in [-0.2, 0) is 5.11 Å². The van der Waals surface area contributed by atoms with Crippen LogP contribution in [0.5, 0.6) is 0 Å². The Kier molecular flexibility index (Phi) is 3.03. The van der Waals surface area contributed by atoms with Gasteiger partial charge in [0.25, 0.3) is 0 Å². The Labute approximate surface area is 123 Å². The van der Waals surface area contributed by atoms with Crippen LogP contribution >= 0.6 is 0 Å². The summed E-state index contributed by atoms with van der Waals surface area (Å²) >= 11 is 0. The molecule has 0 aromatic carbocycles. The molecule has 0 amide bonds. The summed E-state index contributed by atoms with van der Waals surface area (Å²) in [4.78, 5) is 0. The first-order chi connectivity index (χ1) is 9.51. The highest BCUT2D eigenvalue weighted by atomic mass is 16.5. The quantitative estimate of drug-likeness (QED) is 0.664. The van der Waals surface area contributed by atoms with Crippen molar-refractivity contribution in [2.24, 2.45) is 35.0 Å². The van der Waals surface area contributed by atoms with Crippen molar-refractivity contribution in [3.63, 3.8) is 0 Å². The topological polar surface area (TPSA) is 40.1 Å². The van der Waals surface area contributed by atoms with Gasteiger partial charge in [-0.2, -0.15) is 5.11 Å². The van der Waals surface area contributed by atoms with Gasteiger partial charge in [-0.3, -0.25) is 0 Å². The zero-order valence-corrected chi connectivity index (χ0v) is 12.8. The third-order valence-corrected chi connectivity index (χ3v) is 7.74. The van der Waals surface area contributed by atoms with E-state index in [1.165, 1.54) is 51.4 Å². The van der Waals surface area contributed by atoms with E-state index in [0.717, 1.165) is 18.3 Å². The van der Waals surface area contributed by atoms with Gasteiger partial charge in [0.05, 0.1) is 0 Å². The lowest BCUT2D eigenvalue weighted by molar-refractivity contribution is -0.294. The average molecular weight is 277 g/mol. The molecule has 4 rings (SSSR count). The average Bonchev–Trinajstić information content (AvgIpc) is 2.79. The highest BCUT2D eigenvalue weighted by Crippen LogP contribution is 2.63. The Morgan fingerprint density at radius 1 is 0.900 bits per heavy atom. The van der Waals surface area contributed by atoms with Crippen LogP contribution in [0.4, 0.5) is 0 Å². The molecular weight excluding hydrogens is 248 g/mol. The third kappa shape index (κ3) is 1.83. The smallest absolute Gasteiger partial charge is 0.202 e. The van der Waals surface area contributed by atoms with Crippen LogP contribution < -0.4 is 0 Å². The first-order valence-corrected chi connectivity index (χ1v) is 8.94. The van der Waals surface area contributed by atoms with Crippen LogP contribution in [0.3, 0.4) is 0 Å². The Morgan fingerprint density at radius 3 is 2.55 bits per heavy atom. The first kappa shape index (κ1) is 13.6. The highest BCUT2D eigenvalue weighted by molar-refractivity contribution is 5.05. The second-order valence-corrected chi connectivity index (χ2v) is 8.62. The van der Waals surface area contributed by atoms with Crippen molar-refractivity contribution in [1.82, 2.24) is 0 Å². The van der Waals surface area contributed by atoms with Crippen LogP contribution in [0.15, 0.2) is 0 Å². The molecule has 0 aromatic rings. The van der Waals surface area contributed by atoms with Gasteiger partial charge in [0, 0.05) is 12.3 Å². The number of aliphatic hydroxyl groups is 1. The van der Waals surface area contributed by atoms with Gasteiger partial charge in [-0.15, -0.1) is 0 Å². The van der Waals surface area contributed by atoms with Crippen molar-refractivity contribution in [3.05, 3.63) is 0 Å². The standard InChI is InChI=1S/C18H29O2/c1-17-9-3-5-15(17)13-7-6-12-4-2-10-18(19,20)16(12)14(13)8-11-17/h12-16,19H,2-11H2,1H3/t12?,13-,14+,15+,16+,17+,18?/m1/s1. The maximum atomic E-state index is 12.7. The van der Waals surface area contributed by atoms with Crippen LogP contribution in [0.1, 0.15) is 71.1 Å². The zero-order chi connectivity index (χ0) is 14.0. The fraction of sp³-hybridized carbons (Fsp3) is 1.00. The fourth-order valence-electron chi connectivity index (χ4n) is 6.92. The van der Waals surface area contributed by atoms with Crippen molar-refractivity contribution in [2.75, 3.05) is 0 Å². The minimum atomic E-state index is -1.61. The van der Waals surface area contributed by atoms with E-state index in [-0.39, 0.29) is 5.92 Å². The molecule has 4 aliphatic carbocycles. The lowest BCUT2D eigenvalue weighted by Crippen LogP contribution is -2.55. The van der Waals surface area contributed by atoms with Gasteiger partial charge < -0.3 is 5.11 Å². The van der Waals surface area contributed by atoms with Crippen LogP contribution in [-0.4, -0.2) is 10.9 Å². The molecule has 2 nitrogen and oxygen atoms in total. The maximum Gasteiger partial charge on any atom is 0.202 e. The molecule has 4 saturated carbocycles. The molecule has 4 fully saturated rings. The molecule has 1 radical (unpaired) electrons. The second kappa shape index (κ2) is 4.46. The summed E-state index contributed by atoms with van der Waals surface area (Å²) in [7, 11) is 0. The molecule has 0 saturated heterocycles. The molecule has 4 aliphatic rings. The molecule has 2 heteroatoms. The summed E-state index contributed by atoms with van der Waals surface area (Å²) in [6, 6.07) is 0. The predicted molar refractivity (Wildman–Crippen MR) is 77.4 cm³/mol. The fourth-order valence-corrected chi connectivity index (χ4v) is 6.92. The summed E-state index contributed by atoms with van der Waals surface area (Å²) in [5.74, 6) is 1.11. The summed E-state index contributed by atoms with van der Waals surface area (Å²) in [5.41, 5.74) is 0.559. The molecular formula is C18H29O2. The van der Waals surface area contributed by atoms with Crippen molar-refractivity contribution in [1.29, 1.82) is 0 Å². The molecule has 0 spiro atoms. The number of hydrogen-bond donors (Lipinski definition) is 1. The monoisotopic (exact) mass is 277 g/mol. The van der Waals surface area contributed by atoms with Gasteiger partial charge in [-0.1, -0.05) is 13.3 Å². The maximum absolute atomic E-state index is 12.7. The number of fused-ring (bicyclic) bond motifs is 5. The Hall–Kier alpha value is -0.0800. The van der Waals surface area contributed by atoms with Crippen molar-refractivity contribution in [2.45, 2.75) is 76.9 Å². The number of rotatable bonds is 0. The van der Waals surface area contributed by atoms with E-state index in [4.69, 9.17) is 0 Å². The van der Waals surface area contributed by atoms with E-state index >= 15 is 0 Å². The van der Waals surface area contributed by atoms with Crippen molar-refractivity contribution in [3.8, 4) is 0 Å². The molecule has 0 aliphatic heterocycles. The molecule has 2 unspecified atom stereocenters. The normalized spacial score (nSPS) is 53.9. The minimum absolute atomic E-state index is 0.0696. The van der Waals surface area contributed by atoms with Crippen LogP contribution in [0, 0.1) is 35.0 Å². The first-order valence-electron chi connectivity index (χ1n) is 8.94. The summed E-state index contributed by atoms with van der Waals surface area (Å²) in [6.07, 6.45) is 11.9. The third-order valence-electron chi connectivity index (χ3n) is 7.74. The van der Waals surface area contributed by atoms with E-state index in [9.17, 15) is 10.2 Å². The predicted octanol–water partition coefficient (Wildman–Crippen LogP) is 4.15. The molecule has 0 heterocycles. The molecule has 0 aromatic heterocycles. The number of hydrogen-bond acceptors (Lipinski definition) is 1. The Morgan fingerprint density at radius 2 is 1.70 bits per heavy atom. The minimum Gasteiger partial charge on any atom is -0.363 e. The zero-order valence-electron chi connectivity index (χ0n) is 12.8. The van der Waals surface area contributed by atoms with E-state index in [1.807, 2.05) is 0 Å². The molecule has 7 atom stereocenters. The van der Waals surface area contributed by atoms with Gasteiger partial charge in [0.2, 0.25) is 5.79 Å². The molecule has 0 bridgehead atoms. The largest absolute Gasteiger partial charge is 0.363 e.